The van der Waals surface area contributed by atoms with Gasteiger partial charge in [0.05, 0.1) is 11.0 Å². The van der Waals surface area contributed by atoms with E-state index in [1.54, 1.807) is 4.57 Å². The van der Waals surface area contributed by atoms with Gasteiger partial charge >= 0.3 is 5.69 Å². The quantitative estimate of drug-likeness (QED) is 0.838. The Kier molecular flexibility index (Phi) is 2.66. The predicted molar refractivity (Wildman–Crippen MR) is 68.3 cm³/mol. The second-order valence-corrected chi connectivity index (χ2v) is 4.66. The van der Waals surface area contributed by atoms with E-state index in [-0.39, 0.29) is 17.5 Å². The van der Waals surface area contributed by atoms with Crippen molar-refractivity contribution < 1.29 is 4.79 Å². The molecule has 1 saturated carbocycles. The van der Waals surface area contributed by atoms with Crippen LogP contribution >= 0.6 is 0 Å². The van der Waals surface area contributed by atoms with Crippen LogP contribution in [0.25, 0.3) is 11.0 Å². The molecule has 0 atom stereocenters. The number of hydrogen-bond acceptors (Lipinski definition) is 2. The van der Waals surface area contributed by atoms with Gasteiger partial charge in [0, 0.05) is 19.0 Å². The molecule has 0 radical (unpaired) electrons. The summed E-state index contributed by atoms with van der Waals surface area (Å²) in [6.45, 7) is 0.998. The minimum absolute atomic E-state index is 0.114. The Morgan fingerprint density at radius 3 is 2.94 bits per heavy atom. The molecule has 1 fully saturated rings. The third-order valence-corrected chi connectivity index (χ3v) is 3.26. The molecule has 2 N–H and O–H groups in total. The number of amides is 1. The van der Waals surface area contributed by atoms with E-state index in [2.05, 4.69) is 10.3 Å². The molecule has 94 valence electrons. The summed E-state index contributed by atoms with van der Waals surface area (Å²) in [4.78, 5) is 26.0. The Bertz CT molecular complexity index is 637. The first-order chi connectivity index (χ1) is 8.75. The van der Waals surface area contributed by atoms with Gasteiger partial charge in [-0.05, 0) is 25.0 Å². The highest BCUT2D eigenvalue weighted by atomic mass is 16.2. The van der Waals surface area contributed by atoms with Crippen molar-refractivity contribution in [3.05, 3.63) is 34.7 Å². The van der Waals surface area contributed by atoms with Crippen molar-refractivity contribution in [1.82, 2.24) is 14.9 Å². The van der Waals surface area contributed by atoms with E-state index in [1.165, 1.54) is 0 Å². The van der Waals surface area contributed by atoms with Crippen molar-refractivity contribution >= 4 is 16.9 Å². The summed E-state index contributed by atoms with van der Waals surface area (Å²) < 4.78 is 1.66. The molecule has 1 aliphatic carbocycles. The Labute approximate surface area is 104 Å². The normalized spacial score (nSPS) is 14.9. The predicted octanol–water partition coefficient (Wildman–Crippen LogP) is 0.856. The van der Waals surface area contributed by atoms with Gasteiger partial charge in [-0.15, -0.1) is 0 Å². The maximum atomic E-state index is 11.8. The lowest BCUT2D eigenvalue weighted by Crippen LogP contribution is -2.30. The van der Waals surface area contributed by atoms with Crippen LogP contribution in [-0.2, 0) is 11.3 Å². The minimum atomic E-state index is -0.128. The minimum Gasteiger partial charge on any atom is -0.354 e. The number of carbonyl (C=O) groups excluding carboxylic acids is 1. The summed E-state index contributed by atoms with van der Waals surface area (Å²) in [5, 5.41) is 2.86. The van der Waals surface area contributed by atoms with Gasteiger partial charge in [-0.2, -0.15) is 0 Å². The molecule has 0 bridgehead atoms. The number of carbonyl (C=O) groups is 1. The van der Waals surface area contributed by atoms with Crippen LogP contribution in [0.5, 0.6) is 0 Å². The van der Waals surface area contributed by atoms with Crippen molar-refractivity contribution in [1.29, 1.82) is 0 Å². The first-order valence-electron chi connectivity index (χ1n) is 6.21. The van der Waals surface area contributed by atoms with E-state index in [4.69, 9.17) is 0 Å². The second-order valence-electron chi connectivity index (χ2n) is 4.66. The van der Waals surface area contributed by atoms with Gasteiger partial charge in [0.2, 0.25) is 5.91 Å². The van der Waals surface area contributed by atoms with Gasteiger partial charge in [0.15, 0.2) is 0 Å². The van der Waals surface area contributed by atoms with Crippen molar-refractivity contribution in [2.75, 3.05) is 6.54 Å². The summed E-state index contributed by atoms with van der Waals surface area (Å²) in [7, 11) is 0. The van der Waals surface area contributed by atoms with Crippen LogP contribution in [0.3, 0.4) is 0 Å². The van der Waals surface area contributed by atoms with Crippen LogP contribution < -0.4 is 11.0 Å². The lowest BCUT2D eigenvalue weighted by atomic mass is 10.3. The standard InChI is InChI=1S/C13H15N3O2/c17-12(9-5-6-9)14-7-8-16-11-4-2-1-3-10(11)15-13(16)18/h1-4,9H,5-8H2,(H,14,17)(H,15,18). The number of benzene rings is 1. The number of nitrogens with zero attached hydrogens (tertiary/aromatic N) is 1. The van der Waals surface area contributed by atoms with E-state index in [9.17, 15) is 9.59 Å². The topological polar surface area (TPSA) is 66.9 Å². The number of para-hydroxylation sites is 2. The number of hydrogen-bond donors (Lipinski definition) is 2. The zero-order chi connectivity index (χ0) is 12.5. The zero-order valence-corrected chi connectivity index (χ0v) is 9.98. The molecule has 1 amide bonds. The molecule has 1 aromatic heterocycles. The van der Waals surface area contributed by atoms with E-state index >= 15 is 0 Å². The van der Waals surface area contributed by atoms with Crippen molar-refractivity contribution in [3.8, 4) is 0 Å². The molecule has 5 nitrogen and oxygen atoms in total. The summed E-state index contributed by atoms with van der Waals surface area (Å²) >= 11 is 0. The van der Waals surface area contributed by atoms with Crippen LogP contribution in [0.4, 0.5) is 0 Å². The molecule has 0 aliphatic heterocycles. The third kappa shape index (κ3) is 2.03. The number of nitrogens with one attached hydrogen (secondary N) is 2. The fraction of sp³-hybridized carbons (Fsp3) is 0.385. The Balaban J connectivity index is 1.72. The third-order valence-electron chi connectivity index (χ3n) is 3.26. The highest BCUT2D eigenvalue weighted by molar-refractivity contribution is 5.80. The van der Waals surface area contributed by atoms with E-state index in [0.29, 0.717) is 13.1 Å². The van der Waals surface area contributed by atoms with Gasteiger partial charge in [0.1, 0.15) is 0 Å². The van der Waals surface area contributed by atoms with E-state index < -0.39 is 0 Å². The van der Waals surface area contributed by atoms with Gasteiger partial charge in [-0.1, -0.05) is 12.1 Å². The Hall–Kier alpha value is -2.04. The number of aromatic nitrogens is 2. The summed E-state index contributed by atoms with van der Waals surface area (Å²) in [6, 6.07) is 7.55. The van der Waals surface area contributed by atoms with Crippen LogP contribution in [0, 0.1) is 5.92 Å². The highest BCUT2D eigenvalue weighted by Crippen LogP contribution is 2.28. The molecule has 1 aromatic carbocycles. The molecular formula is C13H15N3O2. The summed E-state index contributed by atoms with van der Waals surface area (Å²) in [5.41, 5.74) is 1.58. The molecule has 0 spiro atoms. The van der Waals surface area contributed by atoms with Crippen LogP contribution in [0.15, 0.2) is 29.1 Å². The molecule has 1 heterocycles. The largest absolute Gasteiger partial charge is 0.354 e. The monoisotopic (exact) mass is 245 g/mol. The van der Waals surface area contributed by atoms with Gasteiger partial charge in [0.25, 0.3) is 0 Å². The summed E-state index contributed by atoms with van der Waals surface area (Å²) in [6.07, 6.45) is 2.00. The Morgan fingerprint density at radius 1 is 1.39 bits per heavy atom. The number of H-pyrrole nitrogens is 1. The fourth-order valence-electron chi connectivity index (χ4n) is 2.11. The molecular weight excluding hydrogens is 230 g/mol. The molecule has 18 heavy (non-hydrogen) atoms. The van der Waals surface area contributed by atoms with Gasteiger partial charge in [-0.25, -0.2) is 4.79 Å². The first-order valence-corrected chi connectivity index (χ1v) is 6.21. The lowest BCUT2D eigenvalue weighted by molar-refractivity contribution is -0.122. The fourth-order valence-corrected chi connectivity index (χ4v) is 2.11. The molecule has 0 saturated heterocycles. The molecule has 3 rings (SSSR count). The van der Waals surface area contributed by atoms with Crippen molar-refractivity contribution in [3.63, 3.8) is 0 Å². The Morgan fingerprint density at radius 2 is 2.17 bits per heavy atom. The number of fused-ring (bicyclic) bond motifs is 1. The van der Waals surface area contributed by atoms with Crippen LogP contribution in [-0.4, -0.2) is 22.0 Å². The molecule has 1 aliphatic rings. The zero-order valence-electron chi connectivity index (χ0n) is 9.98. The maximum absolute atomic E-state index is 11.8. The van der Waals surface area contributed by atoms with E-state index in [1.807, 2.05) is 24.3 Å². The average molecular weight is 245 g/mol. The maximum Gasteiger partial charge on any atom is 0.326 e. The molecule has 0 unspecified atom stereocenters. The van der Waals surface area contributed by atoms with E-state index in [0.717, 1.165) is 23.9 Å². The lowest BCUT2D eigenvalue weighted by Gasteiger charge is -2.05. The number of imidazole rings is 1. The van der Waals surface area contributed by atoms with Crippen LogP contribution in [0.1, 0.15) is 12.8 Å². The molecule has 5 heteroatoms. The van der Waals surface area contributed by atoms with Gasteiger partial charge in [-0.3, -0.25) is 9.36 Å². The molecule has 2 aromatic rings. The highest BCUT2D eigenvalue weighted by Gasteiger charge is 2.29. The number of aromatic amines is 1. The average Bonchev–Trinajstić information content (AvgIpc) is 3.15. The smallest absolute Gasteiger partial charge is 0.326 e. The number of rotatable bonds is 4. The SMILES string of the molecule is O=C(NCCn1c(=O)[nH]c2ccccc21)C1CC1. The van der Waals surface area contributed by atoms with Crippen molar-refractivity contribution in [2.45, 2.75) is 19.4 Å². The first kappa shape index (κ1) is 11.1. The van der Waals surface area contributed by atoms with Crippen molar-refractivity contribution in [2.24, 2.45) is 5.92 Å². The second kappa shape index (κ2) is 4.33. The van der Waals surface area contributed by atoms with Crippen LogP contribution in [0.2, 0.25) is 0 Å². The van der Waals surface area contributed by atoms with Gasteiger partial charge < -0.3 is 10.3 Å². The summed E-state index contributed by atoms with van der Waals surface area (Å²) in [5.74, 6) is 0.326.